The van der Waals surface area contributed by atoms with Crippen molar-refractivity contribution in [3.8, 4) is 11.5 Å². The fraction of sp³-hybridized carbons (Fsp3) is 0.529. The number of hydrogen-bond acceptors (Lipinski definition) is 6. The lowest BCUT2D eigenvalue weighted by atomic mass is 10.2. The fourth-order valence-corrected chi connectivity index (χ4v) is 2.47. The van der Waals surface area contributed by atoms with E-state index in [9.17, 15) is 4.79 Å². The van der Waals surface area contributed by atoms with Crippen molar-refractivity contribution in [2.75, 3.05) is 54.0 Å². The third-order valence-corrected chi connectivity index (χ3v) is 4.03. The number of ether oxygens (including phenoxy) is 2. The van der Waals surface area contributed by atoms with Gasteiger partial charge in [-0.25, -0.2) is 5.43 Å². The van der Waals surface area contributed by atoms with Gasteiger partial charge in [0.15, 0.2) is 0 Å². The van der Waals surface area contributed by atoms with E-state index in [1.807, 2.05) is 12.1 Å². The molecule has 0 aromatic heterocycles. The number of hydrogen-bond donors (Lipinski definition) is 1. The summed E-state index contributed by atoms with van der Waals surface area (Å²) in [6.07, 6.45) is 2.03. The summed E-state index contributed by atoms with van der Waals surface area (Å²) in [7, 11) is 5.30. The molecule has 132 valence electrons. The summed E-state index contributed by atoms with van der Waals surface area (Å²) in [6, 6.07) is 5.43. The summed E-state index contributed by atoms with van der Waals surface area (Å²) in [6.45, 7) is 4.89. The lowest BCUT2D eigenvalue weighted by molar-refractivity contribution is -0.121. The second-order valence-electron chi connectivity index (χ2n) is 5.83. The largest absolute Gasteiger partial charge is 0.497 e. The van der Waals surface area contributed by atoms with Crippen LogP contribution in [0.15, 0.2) is 23.3 Å². The SMILES string of the molecule is COc1cc(/C=N\NC(=O)CCN2CCN(C)CC2)cc(OC)c1. The van der Waals surface area contributed by atoms with Gasteiger partial charge >= 0.3 is 0 Å². The van der Waals surface area contributed by atoms with Gasteiger partial charge in [-0.15, -0.1) is 0 Å². The number of carbonyl (C=O) groups excluding carboxylic acids is 1. The monoisotopic (exact) mass is 334 g/mol. The number of nitrogens with zero attached hydrogens (tertiary/aromatic N) is 3. The zero-order chi connectivity index (χ0) is 17.4. The topological polar surface area (TPSA) is 66.4 Å². The predicted molar refractivity (Wildman–Crippen MR) is 93.8 cm³/mol. The van der Waals surface area contributed by atoms with Gasteiger partial charge in [0, 0.05) is 50.8 Å². The lowest BCUT2D eigenvalue weighted by Gasteiger charge is -2.32. The number of benzene rings is 1. The summed E-state index contributed by atoms with van der Waals surface area (Å²) in [5.41, 5.74) is 3.36. The first-order valence-corrected chi connectivity index (χ1v) is 8.06. The maximum absolute atomic E-state index is 11.9. The second kappa shape index (κ2) is 9.24. The minimum absolute atomic E-state index is 0.0833. The zero-order valence-corrected chi connectivity index (χ0v) is 14.6. The maximum atomic E-state index is 11.9. The first-order chi connectivity index (χ1) is 11.6. The molecule has 0 saturated carbocycles. The highest BCUT2D eigenvalue weighted by molar-refractivity contribution is 5.83. The maximum Gasteiger partial charge on any atom is 0.241 e. The highest BCUT2D eigenvalue weighted by Crippen LogP contribution is 2.21. The number of rotatable bonds is 7. The molecule has 0 unspecified atom stereocenters. The molecule has 1 N–H and O–H groups in total. The molecule has 1 aromatic rings. The lowest BCUT2D eigenvalue weighted by Crippen LogP contribution is -2.45. The van der Waals surface area contributed by atoms with Crippen LogP contribution in [0.25, 0.3) is 0 Å². The molecule has 1 amide bonds. The molecule has 1 saturated heterocycles. The number of piperazine rings is 1. The van der Waals surface area contributed by atoms with E-state index in [-0.39, 0.29) is 5.91 Å². The van der Waals surface area contributed by atoms with E-state index in [0.717, 1.165) is 38.3 Å². The molecule has 0 radical (unpaired) electrons. The van der Waals surface area contributed by atoms with Crippen LogP contribution in [-0.2, 0) is 4.79 Å². The van der Waals surface area contributed by atoms with E-state index in [1.165, 1.54) is 0 Å². The molecule has 24 heavy (non-hydrogen) atoms. The molecule has 2 rings (SSSR count). The molecular weight excluding hydrogens is 308 g/mol. The van der Waals surface area contributed by atoms with Crippen LogP contribution in [0.5, 0.6) is 11.5 Å². The van der Waals surface area contributed by atoms with Crippen LogP contribution in [-0.4, -0.2) is 75.9 Å². The van der Waals surface area contributed by atoms with Crippen molar-refractivity contribution in [1.29, 1.82) is 0 Å². The summed E-state index contributed by atoms with van der Waals surface area (Å²) in [5.74, 6) is 1.27. The molecule has 0 bridgehead atoms. The Morgan fingerprint density at radius 2 is 1.79 bits per heavy atom. The molecule has 7 heteroatoms. The Balaban J connectivity index is 1.77. The number of nitrogens with one attached hydrogen (secondary N) is 1. The van der Waals surface area contributed by atoms with Crippen molar-refractivity contribution in [3.05, 3.63) is 23.8 Å². The van der Waals surface area contributed by atoms with Crippen LogP contribution in [0.2, 0.25) is 0 Å². The molecule has 0 spiro atoms. The molecule has 7 nitrogen and oxygen atoms in total. The van der Waals surface area contributed by atoms with E-state index >= 15 is 0 Å². The molecule has 1 aliphatic rings. The molecule has 1 fully saturated rings. The molecule has 0 aliphatic carbocycles. The standard InChI is InChI=1S/C17H26N4O3/c1-20-6-8-21(9-7-20)5-4-17(22)19-18-13-14-10-15(23-2)12-16(11-14)24-3/h10-13H,4-9H2,1-3H3,(H,19,22)/b18-13-. The van der Waals surface area contributed by atoms with Crippen LogP contribution in [0.4, 0.5) is 0 Å². The Morgan fingerprint density at radius 1 is 1.17 bits per heavy atom. The Bertz CT molecular complexity index is 547. The van der Waals surface area contributed by atoms with E-state index in [1.54, 1.807) is 26.5 Å². The van der Waals surface area contributed by atoms with Crippen molar-refractivity contribution in [3.63, 3.8) is 0 Å². The van der Waals surface area contributed by atoms with Gasteiger partial charge in [-0.05, 0) is 19.2 Å². The number of methoxy groups -OCH3 is 2. The van der Waals surface area contributed by atoms with E-state index in [0.29, 0.717) is 17.9 Å². The number of likely N-dealkylation sites (N-methyl/N-ethyl adjacent to an activating group) is 1. The average Bonchev–Trinajstić information content (AvgIpc) is 2.61. The van der Waals surface area contributed by atoms with Crippen LogP contribution in [0, 0.1) is 0 Å². The third-order valence-electron chi connectivity index (χ3n) is 4.03. The normalized spacial score (nSPS) is 16.3. The summed E-state index contributed by atoms with van der Waals surface area (Å²) >= 11 is 0. The summed E-state index contributed by atoms with van der Waals surface area (Å²) in [5, 5.41) is 4.01. The van der Waals surface area contributed by atoms with Gasteiger partial charge in [-0.3, -0.25) is 4.79 Å². The minimum atomic E-state index is -0.0833. The van der Waals surface area contributed by atoms with Crippen LogP contribution in [0.3, 0.4) is 0 Å². The van der Waals surface area contributed by atoms with Gasteiger partial charge in [0.25, 0.3) is 0 Å². The van der Waals surface area contributed by atoms with Gasteiger partial charge in [0.1, 0.15) is 11.5 Å². The average molecular weight is 334 g/mol. The second-order valence-corrected chi connectivity index (χ2v) is 5.83. The Labute approximate surface area is 143 Å². The van der Waals surface area contributed by atoms with Crippen LogP contribution in [0.1, 0.15) is 12.0 Å². The first kappa shape index (κ1) is 18.2. The first-order valence-electron chi connectivity index (χ1n) is 8.06. The van der Waals surface area contributed by atoms with Crippen molar-refractivity contribution in [1.82, 2.24) is 15.2 Å². The zero-order valence-electron chi connectivity index (χ0n) is 14.6. The van der Waals surface area contributed by atoms with Gasteiger partial charge in [-0.1, -0.05) is 0 Å². The Hall–Kier alpha value is -2.12. The van der Waals surface area contributed by atoms with E-state index in [2.05, 4.69) is 27.4 Å². The van der Waals surface area contributed by atoms with Crippen molar-refractivity contribution in [2.45, 2.75) is 6.42 Å². The van der Waals surface area contributed by atoms with Gasteiger partial charge in [-0.2, -0.15) is 5.10 Å². The smallest absolute Gasteiger partial charge is 0.241 e. The Morgan fingerprint density at radius 3 is 2.38 bits per heavy atom. The van der Waals surface area contributed by atoms with Gasteiger partial charge < -0.3 is 19.3 Å². The number of amides is 1. The predicted octanol–water partition coefficient (Wildman–Crippen LogP) is 0.791. The third kappa shape index (κ3) is 5.82. The molecule has 1 aliphatic heterocycles. The van der Waals surface area contributed by atoms with Crippen LogP contribution >= 0.6 is 0 Å². The van der Waals surface area contributed by atoms with E-state index in [4.69, 9.17) is 9.47 Å². The highest BCUT2D eigenvalue weighted by Gasteiger charge is 2.14. The molecule has 1 heterocycles. The van der Waals surface area contributed by atoms with Gasteiger partial charge in [0.05, 0.1) is 20.4 Å². The van der Waals surface area contributed by atoms with Crippen molar-refractivity contribution in [2.24, 2.45) is 5.10 Å². The fourth-order valence-electron chi connectivity index (χ4n) is 2.47. The summed E-state index contributed by atoms with van der Waals surface area (Å²) < 4.78 is 10.4. The number of carbonyl (C=O) groups is 1. The summed E-state index contributed by atoms with van der Waals surface area (Å²) in [4.78, 5) is 16.5. The highest BCUT2D eigenvalue weighted by atomic mass is 16.5. The van der Waals surface area contributed by atoms with Crippen LogP contribution < -0.4 is 14.9 Å². The molecule has 1 aromatic carbocycles. The Kier molecular flexibility index (Phi) is 7.02. The number of hydrazone groups is 1. The quantitative estimate of drug-likeness (QED) is 0.590. The molecular formula is C17H26N4O3. The minimum Gasteiger partial charge on any atom is -0.497 e. The van der Waals surface area contributed by atoms with Crippen molar-refractivity contribution < 1.29 is 14.3 Å². The van der Waals surface area contributed by atoms with Crippen molar-refractivity contribution >= 4 is 12.1 Å². The van der Waals surface area contributed by atoms with Gasteiger partial charge in [0.2, 0.25) is 5.91 Å². The van der Waals surface area contributed by atoms with E-state index < -0.39 is 0 Å². The molecule has 0 atom stereocenters.